The lowest BCUT2D eigenvalue weighted by Gasteiger charge is -2.06. The first kappa shape index (κ1) is 20.5. The summed E-state index contributed by atoms with van der Waals surface area (Å²) in [5.74, 6) is 0.237. The van der Waals surface area contributed by atoms with Gasteiger partial charge < -0.3 is 9.40 Å². The molecule has 160 valence electrons. The zero-order valence-electron chi connectivity index (χ0n) is 18.1. The molecule has 0 atom stereocenters. The third-order valence-corrected chi connectivity index (χ3v) is 7.03. The molecule has 1 aliphatic rings. The molecule has 0 radical (unpaired) electrons. The van der Waals surface area contributed by atoms with Gasteiger partial charge in [0, 0.05) is 57.1 Å². The van der Waals surface area contributed by atoms with Crippen LogP contribution < -0.4 is 0 Å². The fraction of sp³-hybridized carbons (Fsp3) is 0.192. The summed E-state index contributed by atoms with van der Waals surface area (Å²) in [4.78, 5) is 30.5. The Morgan fingerprint density at radius 3 is 2.62 bits per heavy atom. The van der Waals surface area contributed by atoms with E-state index >= 15 is 0 Å². The number of thioether (sulfide) groups is 1. The highest BCUT2D eigenvalue weighted by molar-refractivity contribution is 8.00. The van der Waals surface area contributed by atoms with Gasteiger partial charge in [-0.15, -0.1) is 11.8 Å². The molecule has 2 heterocycles. The van der Waals surface area contributed by atoms with E-state index in [9.17, 15) is 9.59 Å². The second kappa shape index (κ2) is 7.95. The average molecular weight is 443 g/mol. The molecule has 0 N–H and O–H groups in total. The Balaban J connectivity index is 1.73. The van der Waals surface area contributed by atoms with Crippen LogP contribution in [0.15, 0.2) is 64.6 Å². The summed E-state index contributed by atoms with van der Waals surface area (Å²) >= 11 is 1.69. The van der Waals surface area contributed by atoms with Gasteiger partial charge in [0.1, 0.15) is 0 Å². The molecule has 0 spiro atoms. The van der Waals surface area contributed by atoms with Crippen LogP contribution in [-0.4, -0.2) is 27.8 Å². The number of oxime groups is 1. The van der Waals surface area contributed by atoms with Gasteiger partial charge in [-0.05, 0) is 49.7 Å². The zero-order chi connectivity index (χ0) is 22.4. The van der Waals surface area contributed by atoms with E-state index in [2.05, 4.69) is 22.7 Å². The molecule has 0 amide bonds. The van der Waals surface area contributed by atoms with Gasteiger partial charge in [0.15, 0.2) is 5.78 Å². The van der Waals surface area contributed by atoms with Crippen molar-refractivity contribution in [2.24, 2.45) is 5.16 Å². The Morgan fingerprint density at radius 1 is 1.09 bits per heavy atom. The van der Waals surface area contributed by atoms with E-state index in [4.69, 9.17) is 4.84 Å². The zero-order valence-corrected chi connectivity index (χ0v) is 19.0. The molecule has 0 aliphatic carbocycles. The first-order valence-corrected chi connectivity index (χ1v) is 11.5. The quantitative estimate of drug-likeness (QED) is 0.230. The van der Waals surface area contributed by atoms with E-state index in [1.807, 2.05) is 55.5 Å². The molecule has 6 heteroatoms. The van der Waals surface area contributed by atoms with Gasteiger partial charge in [0.05, 0.1) is 11.2 Å². The average Bonchev–Trinajstić information content (AvgIpc) is 3.35. The van der Waals surface area contributed by atoms with E-state index in [1.54, 1.807) is 11.8 Å². The standard InChI is InChI=1S/C26H22N2O3S/c1-4-28-22-11-9-17(25(30)18-8-6-5-7-15(18)2)13-20(22)24-23(28)12-10-19-21(14-32-26(19)24)27-31-16(3)29/h5-13H,4,14H2,1-3H3/b27-21+. The van der Waals surface area contributed by atoms with E-state index in [0.29, 0.717) is 11.3 Å². The summed E-state index contributed by atoms with van der Waals surface area (Å²) < 4.78 is 2.27. The highest BCUT2D eigenvalue weighted by Gasteiger charge is 2.25. The van der Waals surface area contributed by atoms with Crippen molar-refractivity contribution in [2.45, 2.75) is 32.2 Å². The fourth-order valence-electron chi connectivity index (χ4n) is 4.41. The minimum absolute atomic E-state index is 0.0275. The number of carbonyl (C=O) groups is 2. The van der Waals surface area contributed by atoms with Gasteiger partial charge in [-0.1, -0.05) is 29.4 Å². The Labute approximate surface area is 190 Å². The minimum Gasteiger partial charge on any atom is -0.341 e. The normalized spacial score (nSPS) is 14.3. The molecule has 4 aromatic rings. The van der Waals surface area contributed by atoms with Crippen molar-refractivity contribution in [1.82, 2.24) is 4.57 Å². The van der Waals surface area contributed by atoms with Crippen LogP contribution in [0.2, 0.25) is 0 Å². The van der Waals surface area contributed by atoms with E-state index < -0.39 is 5.97 Å². The molecule has 0 bridgehead atoms. The maximum absolute atomic E-state index is 13.3. The number of aryl methyl sites for hydroxylation is 2. The molecule has 0 fully saturated rings. The lowest BCUT2D eigenvalue weighted by Crippen LogP contribution is -2.03. The van der Waals surface area contributed by atoms with Crippen LogP contribution in [0.25, 0.3) is 21.8 Å². The first-order chi connectivity index (χ1) is 15.5. The van der Waals surface area contributed by atoms with Gasteiger partial charge in [0.25, 0.3) is 0 Å². The second-order valence-electron chi connectivity index (χ2n) is 7.87. The number of hydrogen-bond acceptors (Lipinski definition) is 5. The summed E-state index contributed by atoms with van der Waals surface area (Å²) in [6.45, 7) is 6.25. The smallest absolute Gasteiger partial charge is 0.331 e. The molecule has 3 aromatic carbocycles. The second-order valence-corrected chi connectivity index (χ2v) is 8.85. The number of rotatable bonds is 4. The number of nitrogens with zero attached hydrogens (tertiary/aromatic N) is 2. The number of aromatic nitrogens is 1. The van der Waals surface area contributed by atoms with Gasteiger partial charge in [-0.25, -0.2) is 4.79 Å². The predicted octanol–water partition coefficient (Wildman–Crippen LogP) is 5.73. The predicted molar refractivity (Wildman–Crippen MR) is 129 cm³/mol. The molecular weight excluding hydrogens is 420 g/mol. The molecular formula is C26H22N2O3S. The van der Waals surface area contributed by atoms with Crippen LogP contribution in [0, 0.1) is 6.92 Å². The van der Waals surface area contributed by atoms with Gasteiger partial charge in [-0.3, -0.25) is 4.79 Å². The van der Waals surface area contributed by atoms with Crippen molar-refractivity contribution in [2.75, 3.05) is 5.75 Å². The highest BCUT2D eigenvalue weighted by atomic mass is 32.2. The summed E-state index contributed by atoms with van der Waals surface area (Å²) in [7, 11) is 0. The Hall–Kier alpha value is -3.38. The van der Waals surface area contributed by atoms with Crippen molar-refractivity contribution in [3.8, 4) is 0 Å². The SMILES string of the molecule is CCn1c2ccc(C(=O)c3ccccc3C)cc2c2c3c(ccc21)/C(=N/OC(C)=O)CS3. The van der Waals surface area contributed by atoms with Gasteiger partial charge in [0.2, 0.25) is 0 Å². The molecule has 32 heavy (non-hydrogen) atoms. The largest absolute Gasteiger partial charge is 0.341 e. The molecule has 0 saturated carbocycles. The van der Waals surface area contributed by atoms with Crippen molar-refractivity contribution >= 4 is 51.0 Å². The van der Waals surface area contributed by atoms with Crippen molar-refractivity contribution in [1.29, 1.82) is 0 Å². The molecule has 5 nitrogen and oxygen atoms in total. The third-order valence-electron chi connectivity index (χ3n) is 5.90. The van der Waals surface area contributed by atoms with E-state index in [1.165, 1.54) is 6.92 Å². The maximum atomic E-state index is 13.3. The van der Waals surface area contributed by atoms with Crippen molar-refractivity contribution in [3.05, 3.63) is 76.9 Å². The van der Waals surface area contributed by atoms with Crippen LogP contribution in [0.5, 0.6) is 0 Å². The summed E-state index contributed by atoms with van der Waals surface area (Å²) in [5, 5.41) is 6.24. The number of fused-ring (bicyclic) bond motifs is 5. The highest BCUT2D eigenvalue weighted by Crippen LogP contribution is 2.43. The first-order valence-electron chi connectivity index (χ1n) is 10.6. The molecule has 0 unspecified atom stereocenters. The van der Waals surface area contributed by atoms with Crippen LogP contribution >= 0.6 is 11.8 Å². The monoisotopic (exact) mass is 442 g/mol. The summed E-state index contributed by atoms with van der Waals surface area (Å²) in [5.41, 5.74) is 6.33. The van der Waals surface area contributed by atoms with Gasteiger partial charge in [-0.2, -0.15) is 0 Å². The fourth-order valence-corrected chi connectivity index (χ4v) is 5.60. The molecule has 0 saturated heterocycles. The van der Waals surface area contributed by atoms with Crippen LogP contribution in [0.1, 0.15) is 40.9 Å². The molecule has 1 aromatic heterocycles. The van der Waals surface area contributed by atoms with Crippen LogP contribution in [-0.2, 0) is 16.2 Å². The van der Waals surface area contributed by atoms with Crippen molar-refractivity contribution in [3.63, 3.8) is 0 Å². The molecule has 1 aliphatic heterocycles. The maximum Gasteiger partial charge on any atom is 0.331 e. The van der Waals surface area contributed by atoms with E-state index in [0.717, 1.165) is 55.6 Å². The third kappa shape index (κ3) is 3.22. The van der Waals surface area contributed by atoms with Crippen LogP contribution in [0.4, 0.5) is 0 Å². The lowest BCUT2D eigenvalue weighted by atomic mass is 9.97. The topological polar surface area (TPSA) is 60.7 Å². The lowest BCUT2D eigenvalue weighted by molar-refractivity contribution is -0.140. The number of hydrogen-bond donors (Lipinski definition) is 0. The number of benzene rings is 3. The summed E-state index contributed by atoms with van der Waals surface area (Å²) in [6.07, 6.45) is 0. The summed E-state index contributed by atoms with van der Waals surface area (Å²) in [6, 6.07) is 17.8. The Bertz CT molecular complexity index is 1450. The van der Waals surface area contributed by atoms with Crippen LogP contribution in [0.3, 0.4) is 0 Å². The number of ketones is 1. The Morgan fingerprint density at radius 2 is 1.88 bits per heavy atom. The van der Waals surface area contributed by atoms with Crippen molar-refractivity contribution < 1.29 is 14.4 Å². The number of carbonyl (C=O) groups excluding carboxylic acids is 2. The molecule has 5 rings (SSSR count). The minimum atomic E-state index is -0.432. The Kier molecular flexibility index (Phi) is 5.10. The van der Waals surface area contributed by atoms with Gasteiger partial charge >= 0.3 is 5.97 Å². The van der Waals surface area contributed by atoms with E-state index in [-0.39, 0.29) is 5.78 Å².